The van der Waals surface area contributed by atoms with E-state index in [9.17, 15) is 0 Å². The van der Waals surface area contributed by atoms with Crippen LogP contribution in [0.2, 0.25) is 0 Å². The van der Waals surface area contributed by atoms with E-state index in [0.717, 1.165) is 17.6 Å². The Kier molecular flexibility index (Phi) is 4.45. The standard InChI is InChI=1S/C15H18BrN5/c1-21-6-4-12(14(21)11-3-2-5-17-7-11)8-18-15-19-9-13(16)10-20-15/h2-3,5,7,9-10,12,14H,4,6,8H2,1H3,(H,18,19,20)/t12-,14-/m0/s1. The van der Waals surface area contributed by atoms with Crippen molar-refractivity contribution in [3.63, 3.8) is 0 Å². The van der Waals surface area contributed by atoms with Crippen LogP contribution in [0.15, 0.2) is 41.4 Å². The molecule has 1 fully saturated rings. The molecule has 3 rings (SSSR count). The maximum absolute atomic E-state index is 4.26. The Morgan fingerprint density at radius 1 is 1.33 bits per heavy atom. The summed E-state index contributed by atoms with van der Waals surface area (Å²) in [7, 11) is 2.17. The Balaban J connectivity index is 1.68. The Morgan fingerprint density at radius 3 is 2.86 bits per heavy atom. The van der Waals surface area contributed by atoms with Crippen molar-refractivity contribution in [3.8, 4) is 0 Å². The maximum Gasteiger partial charge on any atom is 0.222 e. The van der Waals surface area contributed by atoms with Crippen molar-refractivity contribution < 1.29 is 0 Å². The van der Waals surface area contributed by atoms with E-state index >= 15 is 0 Å². The predicted octanol–water partition coefficient (Wildman–Crippen LogP) is 2.74. The predicted molar refractivity (Wildman–Crippen MR) is 85.9 cm³/mol. The lowest BCUT2D eigenvalue weighted by Gasteiger charge is -2.25. The van der Waals surface area contributed by atoms with E-state index in [1.165, 1.54) is 12.0 Å². The molecule has 2 aromatic rings. The topological polar surface area (TPSA) is 53.9 Å². The van der Waals surface area contributed by atoms with Crippen molar-refractivity contribution in [2.24, 2.45) is 5.92 Å². The molecule has 0 aromatic carbocycles. The van der Waals surface area contributed by atoms with Gasteiger partial charge in [-0.15, -0.1) is 0 Å². The number of hydrogen-bond donors (Lipinski definition) is 1. The maximum atomic E-state index is 4.26. The first-order chi connectivity index (χ1) is 10.2. The van der Waals surface area contributed by atoms with Crippen LogP contribution in [0.25, 0.3) is 0 Å². The summed E-state index contributed by atoms with van der Waals surface area (Å²) < 4.78 is 0.891. The Morgan fingerprint density at radius 2 is 2.14 bits per heavy atom. The van der Waals surface area contributed by atoms with Crippen molar-refractivity contribution in [2.75, 3.05) is 25.5 Å². The van der Waals surface area contributed by atoms with Gasteiger partial charge in [-0.1, -0.05) is 6.07 Å². The Hall–Kier alpha value is -1.53. The summed E-state index contributed by atoms with van der Waals surface area (Å²) in [6.07, 6.45) is 8.47. The summed E-state index contributed by atoms with van der Waals surface area (Å²) in [4.78, 5) is 15.2. The van der Waals surface area contributed by atoms with Gasteiger partial charge in [-0.3, -0.25) is 9.88 Å². The van der Waals surface area contributed by atoms with Crippen LogP contribution in [0, 0.1) is 5.92 Å². The van der Waals surface area contributed by atoms with Crippen LogP contribution >= 0.6 is 15.9 Å². The molecule has 0 bridgehead atoms. The average Bonchev–Trinajstić information content (AvgIpc) is 2.88. The minimum absolute atomic E-state index is 0.404. The minimum Gasteiger partial charge on any atom is -0.354 e. The van der Waals surface area contributed by atoms with Crippen LogP contribution in [0.4, 0.5) is 5.95 Å². The highest BCUT2D eigenvalue weighted by Crippen LogP contribution is 2.35. The first kappa shape index (κ1) is 14.4. The van der Waals surface area contributed by atoms with Gasteiger partial charge in [-0.05, 0) is 53.5 Å². The summed E-state index contributed by atoms with van der Waals surface area (Å²) in [6, 6.07) is 4.56. The van der Waals surface area contributed by atoms with Gasteiger partial charge in [0.15, 0.2) is 0 Å². The highest BCUT2D eigenvalue weighted by atomic mass is 79.9. The second kappa shape index (κ2) is 6.49. The smallest absolute Gasteiger partial charge is 0.222 e. The SMILES string of the molecule is CN1CC[C@@H](CNc2ncc(Br)cn2)[C@@H]1c1cccnc1. The molecule has 2 atom stereocenters. The van der Waals surface area contributed by atoms with Gasteiger partial charge < -0.3 is 5.32 Å². The third-order valence-corrected chi connectivity index (χ3v) is 4.35. The number of nitrogens with zero attached hydrogens (tertiary/aromatic N) is 4. The van der Waals surface area contributed by atoms with Gasteiger partial charge in [0.25, 0.3) is 0 Å². The quantitative estimate of drug-likeness (QED) is 0.921. The van der Waals surface area contributed by atoms with E-state index in [1.54, 1.807) is 12.4 Å². The zero-order chi connectivity index (χ0) is 14.7. The number of hydrogen-bond acceptors (Lipinski definition) is 5. The number of aromatic nitrogens is 3. The summed E-state index contributed by atoms with van der Waals surface area (Å²) in [6.45, 7) is 1.97. The van der Waals surface area contributed by atoms with E-state index in [-0.39, 0.29) is 0 Å². The van der Waals surface area contributed by atoms with E-state index in [1.807, 2.05) is 18.5 Å². The molecule has 0 aliphatic carbocycles. The minimum atomic E-state index is 0.404. The zero-order valence-corrected chi connectivity index (χ0v) is 13.5. The molecule has 0 radical (unpaired) electrons. The van der Waals surface area contributed by atoms with Gasteiger partial charge in [0.2, 0.25) is 5.95 Å². The van der Waals surface area contributed by atoms with Crippen LogP contribution in [-0.2, 0) is 0 Å². The van der Waals surface area contributed by atoms with E-state index in [4.69, 9.17) is 0 Å². The van der Waals surface area contributed by atoms with Crippen LogP contribution in [0.1, 0.15) is 18.0 Å². The third kappa shape index (κ3) is 3.39. The first-order valence-corrected chi connectivity index (χ1v) is 7.85. The highest BCUT2D eigenvalue weighted by molar-refractivity contribution is 9.10. The van der Waals surface area contributed by atoms with Gasteiger partial charge in [0, 0.05) is 37.4 Å². The number of rotatable bonds is 4. The molecular formula is C15H18BrN5. The van der Waals surface area contributed by atoms with Crippen molar-refractivity contribution in [2.45, 2.75) is 12.5 Å². The molecule has 0 amide bonds. The van der Waals surface area contributed by atoms with Crippen molar-refractivity contribution in [1.82, 2.24) is 19.9 Å². The molecule has 1 aliphatic heterocycles. The third-order valence-electron chi connectivity index (χ3n) is 3.94. The van der Waals surface area contributed by atoms with Crippen LogP contribution in [0.5, 0.6) is 0 Å². The van der Waals surface area contributed by atoms with Gasteiger partial charge in [-0.25, -0.2) is 9.97 Å². The summed E-state index contributed by atoms with van der Waals surface area (Å²) in [5, 5.41) is 3.34. The number of likely N-dealkylation sites (tertiary alicyclic amines) is 1. The van der Waals surface area contributed by atoms with Gasteiger partial charge in [0.1, 0.15) is 0 Å². The molecule has 1 saturated heterocycles. The van der Waals surface area contributed by atoms with Crippen LogP contribution in [0.3, 0.4) is 0 Å². The molecule has 1 aliphatic rings. The molecule has 0 unspecified atom stereocenters. The van der Waals surface area contributed by atoms with Gasteiger partial charge >= 0.3 is 0 Å². The molecule has 110 valence electrons. The fourth-order valence-corrected chi connectivity index (χ4v) is 3.15. The van der Waals surface area contributed by atoms with Crippen molar-refractivity contribution in [1.29, 1.82) is 0 Å². The second-order valence-corrected chi connectivity index (χ2v) is 6.28. The summed E-state index contributed by atoms with van der Waals surface area (Å²) in [5.74, 6) is 1.21. The molecule has 0 saturated carbocycles. The van der Waals surface area contributed by atoms with E-state index in [0.29, 0.717) is 17.9 Å². The number of pyridine rings is 1. The highest BCUT2D eigenvalue weighted by Gasteiger charge is 2.32. The van der Waals surface area contributed by atoms with E-state index < -0.39 is 0 Å². The molecule has 6 heteroatoms. The Labute approximate surface area is 133 Å². The fraction of sp³-hybridized carbons (Fsp3) is 0.400. The molecule has 0 spiro atoms. The first-order valence-electron chi connectivity index (χ1n) is 7.05. The van der Waals surface area contributed by atoms with Crippen LogP contribution in [-0.4, -0.2) is 40.0 Å². The average molecular weight is 348 g/mol. The van der Waals surface area contributed by atoms with Gasteiger partial charge in [-0.2, -0.15) is 0 Å². The van der Waals surface area contributed by atoms with Gasteiger partial charge in [0.05, 0.1) is 4.47 Å². The summed E-state index contributed by atoms with van der Waals surface area (Å²) >= 11 is 3.34. The second-order valence-electron chi connectivity index (χ2n) is 5.37. The lowest BCUT2D eigenvalue weighted by atomic mass is 9.95. The summed E-state index contributed by atoms with van der Waals surface area (Å²) in [5.41, 5.74) is 1.28. The Bertz CT molecular complexity index is 574. The molecule has 2 aromatic heterocycles. The van der Waals surface area contributed by atoms with Crippen LogP contribution < -0.4 is 5.32 Å². The molecule has 21 heavy (non-hydrogen) atoms. The molecule has 3 heterocycles. The fourth-order valence-electron chi connectivity index (χ4n) is 2.94. The molecular weight excluding hydrogens is 330 g/mol. The van der Waals surface area contributed by atoms with Crippen molar-refractivity contribution in [3.05, 3.63) is 47.0 Å². The lowest BCUT2D eigenvalue weighted by Crippen LogP contribution is -2.25. The zero-order valence-electron chi connectivity index (χ0n) is 11.9. The number of nitrogens with one attached hydrogen (secondary N) is 1. The molecule has 5 nitrogen and oxygen atoms in total. The normalized spacial score (nSPS) is 22.4. The monoisotopic (exact) mass is 347 g/mol. The van der Waals surface area contributed by atoms with Crippen molar-refractivity contribution >= 4 is 21.9 Å². The van der Waals surface area contributed by atoms with E-state index in [2.05, 4.69) is 54.2 Å². The number of anilines is 1. The largest absolute Gasteiger partial charge is 0.354 e. The lowest BCUT2D eigenvalue weighted by molar-refractivity contribution is 0.281. The number of halogens is 1. The molecule has 1 N–H and O–H groups in total.